The van der Waals surface area contributed by atoms with E-state index in [4.69, 9.17) is 11.6 Å². The number of rotatable bonds is 2. The van der Waals surface area contributed by atoms with Crippen molar-refractivity contribution in [2.75, 3.05) is 17.3 Å². The van der Waals surface area contributed by atoms with Gasteiger partial charge in [-0.2, -0.15) is 0 Å². The molecule has 1 atom stereocenters. The van der Waals surface area contributed by atoms with E-state index in [1.807, 2.05) is 0 Å². The highest BCUT2D eigenvalue weighted by Crippen LogP contribution is 2.36. The number of thiazole rings is 1. The summed E-state index contributed by atoms with van der Waals surface area (Å²) in [5.74, 6) is 0.342. The third-order valence-corrected chi connectivity index (χ3v) is 5.12. The number of fused-ring (bicyclic) bond motifs is 1. The van der Waals surface area contributed by atoms with Crippen LogP contribution in [0.2, 0.25) is 0 Å². The van der Waals surface area contributed by atoms with Crippen LogP contribution in [0.1, 0.15) is 6.42 Å². The predicted molar refractivity (Wildman–Crippen MR) is 78.5 cm³/mol. The zero-order chi connectivity index (χ0) is 13.6. The SMILES string of the molecule is O=C1CC(CCl)CN1c1nc2c(Br)cc(F)cc2s1. The molecule has 1 fully saturated rings. The Labute approximate surface area is 126 Å². The molecule has 1 aromatic carbocycles. The molecule has 2 aromatic rings. The van der Waals surface area contributed by atoms with Gasteiger partial charge in [-0.15, -0.1) is 11.6 Å². The number of benzene rings is 1. The fourth-order valence-corrected chi connectivity index (χ4v) is 4.03. The maximum absolute atomic E-state index is 13.3. The number of halogens is 3. The monoisotopic (exact) mass is 362 g/mol. The van der Waals surface area contributed by atoms with E-state index in [1.54, 1.807) is 4.90 Å². The summed E-state index contributed by atoms with van der Waals surface area (Å²) in [7, 11) is 0. The third-order valence-electron chi connectivity index (χ3n) is 3.06. The van der Waals surface area contributed by atoms with Gasteiger partial charge in [0.15, 0.2) is 5.13 Å². The molecule has 0 radical (unpaired) electrons. The number of nitrogens with zero attached hydrogens (tertiary/aromatic N) is 2. The molecule has 2 heterocycles. The Morgan fingerprint density at radius 3 is 3.05 bits per heavy atom. The van der Waals surface area contributed by atoms with E-state index < -0.39 is 0 Å². The fraction of sp³-hybridized carbons (Fsp3) is 0.333. The van der Waals surface area contributed by atoms with Crippen LogP contribution in [-0.2, 0) is 4.79 Å². The van der Waals surface area contributed by atoms with Crippen molar-refractivity contribution in [2.45, 2.75) is 6.42 Å². The standard InChI is InChI=1S/C12H9BrClFN2OS/c13-8-2-7(15)3-9-11(8)16-12(19-9)17-5-6(4-14)1-10(17)18/h2-3,6H,1,4-5H2. The topological polar surface area (TPSA) is 33.2 Å². The highest BCUT2D eigenvalue weighted by atomic mass is 79.9. The lowest BCUT2D eigenvalue weighted by Gasteiger charge is -2.11. The minimum Gasteiger partial charge on any atom is -0.288 e. The molecule has 1 aliphatic rings. The Kier molecular flexibility index (Phi) is 3.49. The second-order valence-electron chi connectivity index (χ2n) is 4.46. The van der Waals surface area contributed by atoms with Crippen molar-refractivity contribution in [2.24, 2.45) is 5.92 Å². The van der Waals surface area contributed by atoms with E-state index in [2.05, 4.69) is 20.9 Å². The van der Waals surface area contributed by atoms with Crippen LogP contribution in [0.15, 0.2) is 16.6 Å². The fourth-order valence-electron chi connectivity index (χ4n) is 2.13. The number of anilines is 1. The van der Waals surface area contributed by atoms with Crippen LogP contribution in [0.3, 0.4) is 0 Å². The summed E-state index contributed by atoms with van der Waals surface area (Å²) in [6, 6.07) is 2.81. The summed E-state index contributed by atoms with van der Waals surface area (Å²) in [6.07, 6.45) is 0.453. The van der Waals surface area contributed by atoms with E-state index in [0.29, 0.717) is 34.0 Å². The average Bonchev–Trinajstić information content (AvgIpc) is 2.92. The van der Waals surface area contributed by atoms with Crippen molar-refractivity contribution in [3.8, 4) is 0 Å². The first-order valence-electron chi connectivity index (χ1n) is 5.70. The number of alkyl halides is 1. The van der Waals surface area contributed by atoms with E-state index in [-0.39, 0.29) is 17.6 Å². The van der Waals surface area contributed by atoms with Crippen LogP contribution in [0.4, 0.5) is 9.52 Å². The molecule has 1 saturated heterocycles. The number of hydrogen-bond donors (Lipinski definition) is 0. The van der Waals surface area contributed by atoms with Gasteiger partial charge < -0.3 is 0 Å². The first-order chi connectivity index (χ1) is 9.08. The minimum atomic E-state index is -0.319. The lowest BCUT2D eigenvalue weighted by molar-refractivity contribution is -0.117. The average molecular weight is 364 g/mol. The lowest BCUT2D eigenvalue weighted by atomic mass is 10.2. The zero-order valence-corrected chi connectivity index (χ0v) is 12.9. The van der Waals surface area contributed by atoms with Crippen molar-refractivity contribution < 1.29 is 9.18 Å². The molecule has 3 rings (SSSR count). The summed E-state index contributed by atoms with van der Waals surface area (Å²) in [5.41, 5.74) is 0.684. The van der Waals surface area contributed by atoms with Crippen molar-refractivity contribution in [1.82, 2.24) is 4.98 Å². The van der Waals surface area contributed by atoms with Crippen molar-refractivity contribution in [1.29, 1.82) is 0 Å². The van der Waals surface area contributed by atoms with Crippen molar-refractivity contribution in [3.05, 3.63) is 22.4 Å². The van der Waals surface area contributed by atoms with Crippen molar-refractivity contribution >= 4 is 60.1 Å². The highest BCUT2D eigenvalue weighted by Gasteiger charge is 2.32. The number of aromatic nitrogens is 1. The van der Waals surface area contributed by atoms with Crippen LogP contribution in [-0.4, -0.2) is 23.3 Å². The molecule has 0 N–H and O–H groups in total. The molecule has 0 aliphatic carbocycles. The van der Waals surface area contributed by atoms with Gasteiger partial charge in [-0.05, 0) is 34.0 Å². The van der Waals surface area contributed by atoms with Gasteiger partial charge >= 0.3 is 0 Å². The van der Waals surface area contributed by atoms with E-state index in [0.717, 1.165) is 4.70 Å². The van der Waals surface area contributed by atoms with E-state index in [9.17, 15) is 9.18 Å². The molecular formula is C12H9BrClFN2OS. The first-order valence-corrected chi connectivity index (χ1v) is 7.85. The number of amides is 1. The molecule has 3 nitrogen and oxygen atoms in total. The highest BCUT2D eigenvalue weighted by molar-refractivity contribution is 9.10. The minimum absolute atomic E-state index is 0.0290. The quantitative estimate of drug-likeness (QED) is 0.761. The van der Waals surface area contributed by atoms with Crippen LogP contribution in [0.5, 0.6) is 0 Å². The Bertz CT molecular complexity index is 662. The van der Waals surface area contributed by atoms with Gasteiger partial charge in [0.25, 0.3) is 0 Å². The summed E-state index contributed by atoms with van der Waals surface area (Å²) in [6.45, 7) is 0.586. The summed E-state index contributed by atoms with van der Waals surface area (Å²) in [4.78, 5) is 18.0. The summed E-state index contributed by atoms with van der Waals surface area (Å²) in [5, 5.41) is 0.610. The Morgan fingerprint density at radius 1 is 1.58 bits per heavy atom. The Morgan fingerprint density at radius 2 is 2.37 bits per heavy atom. The molecule has 0 saturated carbocycles. The van der Waals surface area contributed by atoms with Crippen LogP contribution in [0, 0.1) is 11.7 Å². The smallest absolute Gasteiger partial charge is 0.229 e. The van der Waals surface area contributed by atoms with Gasteiger partial charge in [0.1, 0.15) is 5.82 Å². The molecule has 1 aliphatic heterocycles. The number of hydrogen-bond acceptors (Lipinski definition) is 3. The Balaban J connectivity index is 2.02. The predicted octanol–water partition coefficient (Wildman–Crippen LogP) is 3.79. The molecule has 100 valence electrons. The van der Waals surface area contributed by atoms with Gasteiger partial charge in [0, 0.05) is 23.3 Å². The molecule has 19 heavy (non-hydrogen) atoms. The largest absolute Gasteiger partial charge is 0.288 e. The number of carbonyl (C=O) groups is 1. The molecule has 1 aromatic heterocycles. The maximum atomic E-state index is 13.3. The van der Waals surface area contributed by atoms with Gasteiger partial charge in [-0.3, -0.25) is 9.69 Å². The number of carbonyl (C=O) groups excluding carboxylic acids is 1. The lowest BCUT2D eigenvalue weighted by Crippen LogP contribution is -2.24. The van der Waals surface area contributed by atoms with Crippen LogP contribution < -0.4 is 4.90 Å². The van der Waals surface area contributed by atoms with Gasteiger partial charge in [-0.1, -0.05) is 11.3 Å². The molecule has 0 spiro atoms. The normalized spacial score (nSPS) is 19.6. The van der Waals surface area contributed by atoms with E-state index in [1.165, 1.54) is 23.5 Å². The summed E-state index contributed by atoms with van der Waals surface area (Å²) < 4.78 is 14.7. The zero-order valence-electron chi connectivity index (χ0n) is 9.70. The molecule has 1 amide bonds. The van der Waals surface area contributed by atoms with Crippen molar-refractivity contribution in [3.63, 3.8) is 0 Å². The van der Waals surface area contributed by atoms with Gasteiger partial charge in [0.05, 0.1) is 10.2 Å². The molecular weight excluding hydrogens is 355 g/mol. The molecule has 1 unspecified atom stereocenters. The molecule has 0 bridgehead atoms. The summed E-state index contributed by atoms with van der Waals surface area (Å²) >= 11 is 10.4. The van der Waals surface area contributed by atoms with Crippen LogP contribution in [0.25, 0.3) is 10.2 Å². The third kappa shape index (κ3) is 2.37. The molecule has 7 heteroatoms. The van der Waals surface area contributed by atoms with E-state index >= 15 is 0 Å². The Hall–Kier alpha value is -0.720. The second kappa shape index (κ2) is 5.00. The second-order valence-corrected chi connectivity index (χ2v) is 6.63. The van der Waals surface area contributed by atoms with Gasteiger partial charge in [-0.25, -0.2) is 9.37 Å². The van der Waals surface area contributed by atoms with Crippen LogP contribution >= 0.6 is 38.9 Å². The first kappa shape index (κ1) is 13.3. The maximum Gasteiger partial charge on any atom is 0.229 e. The van der Waals surface area contributed by atoms with Gasteiger partial charge in [0.2, 0.25) is 5.91 Å².